The van der Waals surface area contributed by atoms with Crippen LogP contribution in [0.5, 0.6) is 11.5 Å². The molecule has 2 amide bonds. The summed E-state index contributed by atoms with van der Waals surface area (Å²) < 4.78 is 16.7. The number of piperazine rings is 1. The Labute approximate surface area is 193 Å². The van der Waals surface area contributed by atoms with E-state index in [0.29, 0.717) is 49.8 Å². The fourth-order valence-corrected chi connectivity index (χ4v) is 4.53. The standard InChI is InChI=1S/C25H29N3O5/c1-18-2-4-19(5-3-18)24(29)27-10-8-26(9-11-27)15-21-16-28(12-13-31-21)25(30)20-6-7-22-23(14-20)33-17-32-22/h2-7,14,21H,8-13,15-17H2,1H3/t21-/m1/s1. The van der Waals surface area contributed by atoms with Gasteiger partial charge in [-0.2, -0.15) is 0 Å². The van der Waals surface area contributed by atoms with E-state index in [1.165, 1.54) is 0 Å². The highest BCUT2D eigenvalue weighted by atomic mass is 16.7. The van der Waals surface area contributed by atoms with Crippen LogP contribution in [-0.2, 0) is 4.74 Å². The number of carbonyl (C=O) groups excluding carboxylic acids is 2. The molecule has 0 radical (unpaired) electrons. The van der Waals surface area contributed by atoms with E-state index in [1.807, 2.05) is 41.0 Å². The highest BCUT2D eigenvalue weighted by molar-refractivity contribution is 5.95. The molecule has 2 aromatic rings. The molecule has 0 aliphatic carbocycles. The second kappa shape index (κ2) is 9.41. The first-order valence-corrected chi connectivity index (χ1v) is 11.5. The summed E-state index contributed by atoms with van der Waals surface area (Å²) in [6.07, 6.45) is -0.0453. The Morgan fingerprint density at radius 3 is 2.33 bits per heavy atom. The Hall–Kier alpha value is -3.10. The average molecular weight is 452 g/mol. The van der Waals surface area contributed by atoms with Crippen molar-refractivity contribution in [1.29, 1.82) is 0 Å². The van der Waals surface area contributed by atoms with Gasteiger partial charge in [0.25, 0.3) is 11.8 Å². The number of fused-ring (bicyclic) bond motifs is 1. The maximum Gasteiger partial charge on any atom is 0.254 e. The number of hydrogen-bond donors (Lipinski definition) is 0. The molecule has 8 heteroatoms. The summed E-state index contributed by atoms with van der Waals surface area (Å²) in [6, 6.07) is 13.0. The Balaban J connectivity index is 1.13. The second-order valence-electron chi connectivity index (χ2n) is 8.77. The number of ether oxygens (including phenoxy) is 3. The van der Waals surface area contributed by atoms with Crippen LogP contribution in [0.4, 0.5) is 0 Å². The van der Waals surface area contributed by atoms with Crippen LogP contribution >= 0.6 is 0 Å². The van der Waals surface area contributed by atoms with Crippen LogP contribution in [-0.4, -0.2) is 91.8 Å². The molecule has 2 saturated heterocycles. The van der Waals surface area contributed by atoms with Crippen LogP contribution in [0.25, 0.3) is 0 Å². The summed E-state index contributed by atoms with van der Waals surface area (Å²) in [7, 11) is 0. The van der Waals surface area contributed by atoms with Gasteiger partial charge >= 0.3 is 0 Å². The van der Waals surface area contributed by atoms with Crippen molar-refractivity contribution in [2.75, 3.05) is 59.2 Å². The molecule has 3 aliphatic rings. The molecule has 0 aromatic heterocycles. The Kier molecular flexibility index (Phi) is 6.20. The van der Waals surface area contributed by atoms with E-state index in [1.54, 1.807) is 18.2 Å². The summed E-state index contributed by atoms with van der Waals surface area (Å²) in [5.41, 5.74) is 2.49. The molecule has 0 unspecified atom stereocenters. The van der Waals surface area contributed by atoms with Gasteiger partial charge in [-0.25, -0.2) is 0 Å². The van der Waals surface area contributed by atoms with Crippen LogP contribution < -0.4 is 9.47 Å². The molecule has 0 spiro atoms. The van der Waals surface area contributed by atoms with E-state index >= 15 is 0 Å². The fraction of sp³-hybridized carbons (Fsp3) is 0.440. The van der Waals surface area contributed by atoms with E-state index in [9.17, 15) is 9.59 Å². The van der Waals surface area contributed by atoms with Gasteiger partial charge in [-0.05, 0) is 37.3 Å². The zero-order valence-electron chi connectivity index (χ0n) is 18.9. The van der Waals surface area contributed by atoms with Gasteiger partial charge in [-0.15, -0.1) is 0 Å². The Morgan fingerprint density at radius 2 is 1.55 bits per heavy atom. The van der Waals surface area contributed by atoms with E-state index < -0.39 is 0 Å². The molecule has 2 aromatic carbocycles. The number of hydrogen-bond acceptors (Lipinski definition) is 6. The zero-order valence-corrected chi connectivity index (χ0v) is 18.9. The zero-order chi connectivity index (χ0) is 22.8. The normalized spacial score (nSPS) is 20.7. The summed E-state index contributed by atoms with van der Waals surface area (Å²) in [4.78, 5) is 31.9. The monoisotopic (exact) mass is 451 g/mol. The Bertz CT molecular complexity index is 1020. The molecule has 0 N–H and O–H groups in total. The second-order valence-corrected chi connectivity index (χ2v) is 8.77. The molecule has 2 fully saturated rings. The van der Waals surface area contributed by atoms with Crippen LogP contribution in [0.2, 0.25) is 0 Å². The predicted octanol–water partition coefficient (Wildman–Crippen LogP) is 2.02. The van der Waals surface area contributed by atoms with E-state index in [2.05, 4.69) is 4.90 Å². The molecule has 3 heterocycles. The third-order valence-corrected chi connectivity index (χ3v) is 6.47. The van der Waals surface area contributed by atoms with Crippen molar-refractivity contribution in [3.05, 3.63) is 59.2 Å². The van der Waals surface area contributed by atoms with Crippen molar-refractivity contribution in [1.82, 2.24) is 14.7 Å². The first-order valence-electron chi connectivity index (χ1n) is 11.5. The number of morpholine rings is 1. The Morgan fingerprint density at radius 1 is 0.848 bits per heavy atom. The van der Waals surface area contributed by atoms with E-state index in [-0.39, 0.29) is 24.7 Å². The van der Waals surface area contributed by atoms with Gasteiger partial charge in [0.2, 0.25) is 6.79 Å². The van der Waals surface area contributed by atoms with Crippen molar-refractivity contribution >= 4 is 11.8 Å². The van der Waals surface area contributed by atoms with Crippen LogP contribution in [0, 0.1) is 6.92 Å². The van der Waals surface area contributed by atoms with Gasteiger partial charge in [0, 0.05) is 56.9 Å². The van der Waals surface area contributed by atoms with Gasteiger partial charge in [0.05, 0.1) is 12.7 Å². The number of carbonyl (C=O) groups is 2. The lowest BCUT2D eigenvalue weighted by Crippen LogP contribution is -2.54. The topological polar surface area (TPSA) is 71.6 Å². The van der Waals surface area contributed by atoms with Crippen molar-refractivity contribution in [3.8, 4) is 11.5 Å². The summed E-state index contributed by atoms with van der Waals surface area (Å²) in [5, 5.41) is 0. The number of amides is 2. The average Bonchev–Trinajstić information content (AvgIpc) is 3.32. The third-order valence-electron chi connectivity index (χ3n) is 6.47. The van der Waals surface area contributed by atoms with Gasteiger partial charge in [0.1, 0.15) is 0 Å². The summed E-state index contributed by atoms with van der Waals surface area (Å²) in [6.45, 7) is 7.59. The van der Waals surface area contributed by atoms with Crippen molar-refractivity contribution < 1.29 is 23.8 Å². The largest absolute Gasteiger partial charge is 0.454 e. The molecule has 5 rings (SSSR count). The van der Waals surface area contributed by atoms with E-state index in [0.717, 1.165) is 30.8 Å². The molecule has 0 saturated carbocycles. The lowest BCUT2D eigenvalue weighted by atomic mass is 10.1. The third kappa shape index (κ3) is 4.82. The number of aryl methyl sites for hydroxylation is 1. The molecular formula is C25H29N3O5. The smallest absolute Gasteiger partial charge is 0.254 e. The number of rotatable bonds is 4. The minimum absolute atomic E-state index is 0.0184. The maximum absolute atomic E-state index is 13.0. The highest BCUT2D eigenvalue weighted by Crippen LogP contribution is 2.33. The van der Waals surface area contributed by atoms with Crippen molar-refractivity contribution in [2.45, 2.75) is 13.0 Å². The molecule has 3 aliphatic heterocycles. The van der Waals surface area contributed by atoms with Gasteiger partial charge in [-0.1, -0.05) is 17.7 Å². The number of benzene rings is 2. The maximum atomic E-state index is 13.0. The van der Waals surface area contributed by atoms with Gasteiger partial charge in [0.15, 0.2) is 11.5 Å². The molecule has 33 heavy (non-hydrogen) atoms. The van der Waals surface area contributed by atoms with Crippen LogP contribution in [0.15, 0.2) is 42.5 Å². The minimum Gasteiger partial charge on any atom is -0.454 e. The molecule has 8 nitrogen and oxygen atoms in total. The molecule has 1 atom stereocenters. The van der Waals surface area contributed by atoms with Crippen LogP contribution in [0.1, 0.15) is 26.3 Å². The van der Waals surface area contributed by atoms with Gasteiger partial charge in [-0.3, -0.25) is 14.5 Å². The first kappa shape index (κ1) is 21.7. The highest BCUT2D eigenvalue weighted by Gasteiger charge is 2.29. The molecular weight excluding hydrogens is 422 g/mol. The summed E-state index contributed by atoms with van der Waals surface area (Å²) in [5.74, 6) is 1.36. The summed E-state index contributed by atoms with van der Waals surface area (Å²) >= 11 is 0. The lowest BCUT2D eigenvalue weighted by molar-refractivity contribution is -0.0400. The van der Waals surface area contributed by atoms with Crippen LogP contribution in [0.3, 0.4) is 0 Å². The first-order chi connectivity index (χ1) is 16.1. The minimum atomic E-state index is -0.0453. The van der Waals surface area contributed by atoms with Crippen molar-refractivity contribution in [2.24, 2.45) is 0 Å². The van der Waals surface area contributed by atoms with Gasteiger partial charge < -0.3 is 24.0 Å². The molecule has 0 bridgehead atoms. The SMILES string of the molecule is Cc1ccc(C(=O)N2CCN(C[C@@H]3CN(C(=O)c4ccc5c(c4)OCO5)CCO3)CC2)cc1. The van der Waals surface area contributed by atoms with E-state index in [4.69, 9.17) is 14.2 Å². The predicted molar refractivity (Wildman–Crippen MR) is 122 cm³/mol. The van der Waals surface area contributed by atoms with Crippen molar-refractivity contribution in [3.63, 3.8) is 0 Å². The fourth-order valence-electron chi connectivity index (χ4n) is 4.53. The number of nitrogens with zero attached hydrogens (tertiary/aromatic N) is 3. The molecule has 174 valence electrons. The quantitative estimate of drug-likeness (QED) is 0.709. The lowest BCUT2D eigenvalue weighted by Gasteiger charge is -2.39.